The van der Waals surface area contributed by atoms with E-state index in [-0.39, 0.29) is 28.8 Å². The highest BCUT2D eigenvalue weighted by molar-refractivity contribution is 8.00. The van der Waals surface area contributed by atoms with Crippen molar-refractivity contribution in [1.82, 2.24) is 10.2 Å². The number of hydrogen-bond donors (Lipinski definition) is 1. The molecule has 2 amide bonds. The number of hydrogen-bond acceptors (Lipinski definition) is 3. The first-order valence-corrected chi connectivity index (χ1v) is 7.02. The summed E-state index contributed by atoms with van der Waals surface area (Å²) >= 11 is 7.14. The highest BCUT2D eigenvalue weighted by atomic mass is 35.5. The van der Waals surface area contributed by atoms with Gasteiger partial charge in [-0.3, -0.25) is 9.59 Å². The molecule has 1 N–H and O–H groups in total. The van der Waals surface area contributed by atoms with Crippen LogP contribution in [0.2, 0.25) is 5.02 Å². The quantitative estimate of drug-likeness (QED) is 0.926. The Morgan fingerprint density at radius 1 is 1.63 bits per heavy atom. The van der Waals surface area contributed by atoms with Crippen LogP contribution in [-0.4, -0.2) is 36.1 Å². The average Bonchev–Trinajstić information content (AvgIpc) is 2.74. The van der Waals surface area contributed by atoms with Crippen molar-refractivity contribution in [3.8, 4) is 0 Å². The largest absolute Gasteiger partial charge is 0.358 e. The van der Waals surface area contributed by atoms with Gasteiger partial charge < -0.3 is 10.2 Å². The summed E-state index contributed by atoms with van der Waals surface area (Å²) in [6.45, 7) is -0.0119. The number of carbonyl (C=O) groups is 2. The van der Waals surface area contributed by atoms with E-state index in [0.717, 1.165) is 0 Å². The molecule has 19 heavy (non-hydrogen) atoms. The molecule has 0 aliphatic carbocycles. The molecule has 0 spiro atoms. The Bertz CT molecular complexity index is 526. The van der Waals surface area contributed by atoms with Crippen LogP contribution >= 0.6 is 23.4 Å². The van der Waals surface area contributed by atoms with Gasteiger partial charge in [-0.25, -0.2) is 4.39 Å². The Hall–Kier alpha value is -1.27. The zero-order chi connectivity index (χ0) is 14.0. The van der Waals surface area contributed by atoms with Crippen molar-refractivity contribution in [3.05, 3.63) is 34.6 Å². The number of carbonyl (C=O) groups excluding carboxylic acids is 2. The van der Waals surface area contributed by atoms with Crippen LogP contribution in [-0.2, 0) is 9.59 Å². The summed E-state index contributed by atoms with van der Waals surface area (Å²) in [6, 6.07) is 4.33. The van der Waals surface area contributed by atoms with Crippen LogP contribution in [0.4, 0.5) is 4.39 Å². The number of thioether (sulfide) groups is 1. The van der Waals surface area contributed by atoms with E-state index in [9.17, 15) is 14.0 Å². The lowest BCUT2D eigenvalue weighted by molar-refractivity contribution is -0.133. The van der Waals surface area contributed by atoms with Gasteiger partial charge in [0.25, 0.3) is 0 Å². The third-order valence-corrected chi connectivity index (χ3v) is 4.34. The molecular weight excluding hydrogens is 291 g/mol. The van der Waals surface area contributed by atoms with Crippen LogP contribution in [0.3, 0.4) is 0 Å². The Kier molecular flexibility index (Phi) is 4.31. The molecule has 7 heteroatoms. The first kappa shape index (κ1) is 14.1. The summed E-state index contributed by atoms with van der Waals surface area (Å²) in [7, 11) is 1.51. The molecule has 1 heterocycles. The molecule has 1 unspecified atom stereocenters. The molecule has 1 aliphatic heterocycles. The fourth-order valence-corrected chi connectivity index (χ4v) is 3.17. The average molecular weight is 303 g/mol. The van der Waals surface area contributed by atoms with Gasteiger partial charge in [-0.15, -0.1) is 11.8 Å². The number of nitrogens with one attached hydrogen (secondary N) is 1. The van der Waals surface area contributed by atoms with E-state index in [0.29, 0.717) is 11.3 Å². The van der Waals surface area contributed by atoms with Crippen molar-refractivity contribution >= 4 is 35.2 Å². The summed E-state index contributed by atoms with van der Waals surface area (Å²) in [5, 5.41) is 2.19. The molecule has 1 aromatic rings. The Labute approximate surface area is 119 Å². The van der Waals surface area contributed by atoms with Gasteiger partial charge in [0.1, 0.15) is 17.7 Å². The van der Waals surface area contributed by atoms with Gasteiger partial charge in [-0.05, 0) is 17.7 Å². The summed E-state index contributed by atoms with van der Waals surface area (Å²) in [5.74, 6) is -0.554. The minimum atomic E-state index is -0.502. The van der Waals surface area contributed by atoms with Gasteiger partial charge in [0, 0.05) is 7.05 Å². The summed E-state index contributed by atoms with van der Waals surface area (Å²) in [6.07, 6.45) is 0. The van der Waals surface area contributed by atoms with Crippen LogP contribution in [0.15, 0.2) is 18.2 Å². The van der Waals surface area contributed by atoms with Crippen LogP contribution in [0.5, 0.6) is 0 Å². The van der Waals surface area contributed by atoms with E-state index < -0.39 is 5.82 Å². The maximum absolute atomic E-state index is 13.1. The second-order valence-corrected chi connectivity index (χ2v) is 5.51. The predicted octanol–water partition coefficient (Wildman–Crippen LogP) is 1.80. The number of halogens is 2. The molecule has 0 bridgehead atoms. The lowest BCUT2D eigenvalue weighted by Gasteiger charge is -2.23. The number of benzene rings is 1. The normalized spacial score (nSPS) is 18.8. The van der Waals surface area contributed by atoms with E-state index in [1.807, 2.05) is 0 Å². The fourth-order valence-electron chi connectivity index (χ4n) is 1.80. The van der Waals surface area contributed by atoms with E-state index in [2.05, 4.69) is 5.32 Å². The number of nitrogens with zero attached hydrogens (tertiary/aromatic N) is 1. The van der Waals surface area contributed by atoms with Crippen LogP contribution in [0.1, 0.15) is 10.9 Å². The van der Waals surface area contributed by atoms with Crippen molar-refractivity contribution in [2.75, 3.05) is 19.3 Å². The van der Waals surface area contributed by atoms with Crippen LogP contribution in [0, 0.1) is 5.82 Å². The monoisotopic (exact) mass is 302 g/mol. The van der Waals surface area contributed by atoms with E-state index in [4.69, 9.17) is 11.6 Å². The van der Waals surface area contributed by atoms with Gasteiger partial charge >= 0.3 is 0 Å². The van der Waals surface area contributed by atoms with Gasteiger partial charge in [-0.1, -0.05) is 17.7 Å². The van der Waals surface area contributed by atoms with E-state index in [1.165, 1.54) is 35.8 Å². The number of rotatable bonds is 3. The van der Waals surface area contributed by atoms with E-state index >= 15 is 0 Å². The smallest absolute Gasteiger partial charge is 0.239 e. The van der Waals surface area contributed by atoms with Gasteiger partial charge in [0.2, 0.25) is 11.8 Å². The molecule has 102 valence electrons. The fraction of sp³-hybridized carbons (Fsp3) is 0.333. The molecule has 1 fully saturated rings. The lowest BCUT2D eigenvalue weighted by atomic mass is 10.2. The molecule has 4 nitrogen and oxygen atoms in total. The van der Waals surface area contributed by atoms with Crippen molar-refractivity contribution in [1.29, 1.82) is 0 Å². The second kappa shape index (κ2) is 5.79. The molecule has 1 aliphatic rings. The zero-order valence-electron chi connectivity index (χ0n) is 10.2. The zero-order valence-corrected chi connectivity index (χ0v) is 11.7. The maximum atomic E-state index is 13.1. The first-order valence-electron chi connectivity index (χ1n) is 5.59. The third-order valence-electron chi connectivity index (χ3n) is 2.79. The predicted molar refractivity (Wildman–Crippen MR) is 72.4 cm³/mol. The van der Waals surface area contributed by atoms with Crippen molar-refractivity contribution in [3.63, 3.8) is 0 Å². The Morgan fingerprint density at radius 3 is 3.00 bits per heavy atom. The van der Waals surface area contributed by atoms with Crippen molar-refractivity contribution in [2.24, 2.45) is 0 Å². The highest BCUT2D eigenvalue weighted by Gasteiger charge is 2.34. The minimum Gasteiger partial charge on any atom is -0.358 e. The molecule has 1 atom stereocenters. The topological polar surface area (TPSA) is 49.4 Å². The number of likely N-dealkylation sites (N-methyl/N-ethyl adjacent to an activating group) is 1. The second-order valence-electron chi connectivity index (χ2n) is 4.03. The third kappa shape index (κ3) is 3.01. The molecule has 0 radical (unpaired) electrons. The molecular formula is C12H12ClFN2O2S. The molecule has 0 aromatic heterocycles. The Morgan fingerprint density at radius 2 is 2.37 bits per heavy atom. The van der Waals surface area contributed by atoms with Gasteiger partial charge in [-0.2, -0.15) is 0 Å². The summed E-state index contributed by atoms with van der Waals surface area (Å²) < 4.78 is 13.1. The number of amides is 2. The molecule has 0 saturated carbocycles. The maximum Gasteiger partial charge on any atom is 0.239 e. The first-order chi connectivity index (χ1) is 9.02. The van der Waals surface area contributed by atoms with Gasteiger partial charge in [0.05, 0.1) is 10.8 Å². The highest BCUT2D eigenvalue weighted by Crippen LogP contribution is 2.39. The lowest BCUT2D eigenvalue weighted by Crippen LogP contribution is -2.37. The van der Waals surface area contributed by atoms with Crippen LogP contribution < -0.4 is 5.32 Å². The van der Waals surface area contributed by atoms with Crippen molar-refractivity contribution < 1.29 is 14.0 Å². The molecule has 2 rings (SSSR count). The van der Waals surface area contributed by atoms with Gasteiger partial charge in [0.15, 0.2) is 0 Å². The standard InChI is InChI=1S/C12H12ClFN2O2S/c1-15-10(17)5-16-11(18)6-19-12(16)7-2-3-9(14)8(13)4-7/h2-4,12H,5-6H2,1H3,(H,15,17). The SMILES string of the molecule is CNC(=O)CN1C(=O)CSC1c1ccc(F)c(Cl)c1. The molecule has 1 saturated heterocycles. The van der Waals surface area contributed by atoms with Crippen molar-refractivity contribution in [2.45, 2.75) is 5.37 Å². The summed E-state index contributed by atoms with van der Waals surface area (Å²) in [4.78, 5) is 24.7. The molecule has 1 aromatic carbocycles. The summed E-state index contributed by atoms with van der Waals surface area (Å²) in [5.41, 5.74) is 0.714. The van der Waals surface area contributed by atoms with E-state index in [1.54, 1.807) is 6.07 Å². The minimum absolute atomic E-state index is 0.0114. The Balaban J connectivity index is 2.24. The van der Waals surface area contributed by atoms with Crippen LogP contribution in [0.25, 0.3) is 0 Å².